The van der Waals surface area contributed by atoms with Gasteiger partial charge in [0.25, 0.3) is 0 Å². The lowest BCUT2D eigenvalue weighted by molar-refractivity contribution is -0.157. The molecule has 1 aromatic carbocycles. The van der Waals surface area contributed by atoms with E-state index in [9.17, 15) is 18.0 Å². The van der Waals surface area contributed by atoms with E-state index in [-0.39, 0.29) is 6.54 Å². The molecule has 0 radical (unpaired) electrons. The van der Waals surface area contributed by atoms with Crippen molar-refractivity contribution in [3.63, 3.8) is 0 Å². The first-order valence-electron chi connectivity index (χ1n) is 7.85. The quantitative estimate of drug-likeness (QED) is 0.494. The van der Waals surface area contributed by atoms with Gasteiger partial charge in [0.1, 0.15) is 6.54 Å². The molecule has 7 heteroatoms. The van der Waals surface area contributed by atoms with Crippen LogP contribution in [0.5, 0.6) is 11.5 Å². The van der Waals surface area contributed by atoms with Gasteiger partial charge in [-0.05, 0) is 37.6 Å². The van der Waals surface area contributed by atoms with Crippen molar-refractivity contribution in [1.82, 2.24) is 4.90 Å². The Balaban J connectivity index is 2.92. The summed E-state index contributed by atoms with van der Waals surface area (Å²) in [5.74, 6) is 0.333. The first-order valence-corrected chi connectivity index (χ1v) is 7.85. The summed E-state index contributed by atoms with van der Waals surface area (Å²) in [6.07, 6.45) is -0.678. The highest BCUT2D eigenvalue weighted by molar-refractivity contribution is 5.92. The molecule has 0 fully saturated rings. The summed E-state index contributed by atoms with van der Waals surface area (Å²) < 4.78 is 48.5. The molecule has 0 N–H and O–H groups in total. The third kappa shape index (κ3) is 7.32. The Morgan fingerprint density at radius 1 is 1.20 bits per heavy atom. The molecule has 25 heavy (non-hydrogen) atoms. The number of carbonyl (C=O) groups excluding carboxylic acids is 1. The molecule has 0 bridgehead atoms. The maximum atomic E-state index is 12.5. The monoisotopic (exact) mass is 357 g/mol. The molecule has 0 spiro atoms. The van der Waals surface area contributed by atoms with E-state index in [2.05, 4.69) is 6.58 Å². The summed E-state index contributed by atoms with van der Waals surface area (Å²) in [4.78, 5) is 12.7. The zero-order valence-electron chi connectivity index (χ0n) is 14.3. The Morgan fingerprint density at radius 3 is 2.40 bits per heavy atom. The van der Waals surface area contributed by atoms with E-state index in [0.717, 1.165) is 6.08 Å². The molecule has 0 aliphatic heterocycles. The van der Waals surface area contributed by atoms with Crippen molar-refractivity contribution in [3.05, 3.63) is 42.5 Å². The molecule has 0 saturated carbocycles. The van der Waals surface area contributed by atoms with Crippen LogP contribution in [0.2, 0.25) is 0 Å². The molecule has 0 unspecified atom stereocenters. The van der Waals surface area contributed by atoms with Gasteiger partial charge in [0, 0.05) is 12.6 Å². The van der Waals surface area contributed by atoms with E-state index < -0.39 is 18.6 Å². The van der Waals surface area contributed by atoms with Crippen molar-refractivity contribution in [2.75, 3.05) is 26.3 Å². The summed E-state index contributed by atoms with van der Waals surface area (Å²) in [5.41, 5.74) is 0.616. The van der Waals surface area contributed by atoms with E-state index >= 15 is 0 Å². The Morgan fingerprint density at radius 2 is 1.84 bits per heavy atom. The van der Waals surface area contributed by atoms with E-state index in [1.807, 2.05) is 13.8 Å². The van der Waals surface area contributed by atoms with Crippen molar-refractivity contribution in [2.45, 2.75) is 20.0 Å². The lowest BCUT2D eigenvalue weighted by Crippen LogP contribution is -2.38. The fourth-order valence-corrected chi connectivity index (χ4v) is 2.05. The van der Waals surface area contributed by atoms with Crippen LogP contribution in [0.4, 0.5) is 13.2 Å². The number of ether oxygens (including phenoxy) is 2. The Labute approximate surface area is 145 Å². The normalized spacial score (nSPS) is 11.4. The van der Waals surface area contributed by atoms with Crippen molar-refractivity contribution in [3.8, 4) is 11.5 Å². The van der Waals surface area contributed by atoms with Gasteiger partial charge in [-0.3, -0.25) is 4.79 Å². The van der Waals surface area contributed by atoms with Crippen LogP contribution in [-0.2, 0) is 4.79 Å². The van der Waals surface area contributed by atoms with Crippen LogP contribution in [0.1, 0.15) is 19.4 Å². The Bertz CT molecular complexity index is 612. The van der Waals surface area contributed by atoms with Gasteiger partial charge in [0.05, 0.1) is 13.2 Å². The minimum Gasteiger partial charge on any atom is -0.490 e. The Kier molecular flexibility index (Phi) is 8.04. The predicted molar refractivity (Wildman–Crippen MR) is 90.6 cm³/mol. The van der Waals surface area contributed by atoms with Crippen LogP contribution in [0.15, 0.2) is 36.9 Å². The third-order valence-electron chi connectivity index (χ3n) is 3.02. The van der Waals surface area contributed by atoms with Crippen LogP contribution >= 0.6 is 0 Å². The van der Waals surface area contributed by atoms with Gasteiger partial charge < -0.3 is 14.4 Å². The number of benzene rings is 1. The number of carbonyl (C=O) groups is 1. The maximum Gasteiger partial charge on any atom is 0.406 e. The highest BCUT2D eigenvalue weighted by Gasteiger charge is 2.31. The van der Waals surface area contributed by atoms with Crippen molar-refractivity contribution in [1.29, 1.82) is 0 Å². The number of nitrogens with zero attached hydrogens (tertiary/aromatic N) is 1. The summed E-state index contributed by atoms with van der Waals surface area (Å²) in [5, 5.41) is 0. The topological polar surface area (TPSA) is 38.8 Å². The van der Waals surface area contributed by atoms with Gasteiger partial charge in [0.2, 0.25) is 5.91 Å². The molecule has 0 atom stereocenters. The highest BCUT2D eigenvalue weighted by atomic mass is 19.4. The molecule has 138 valence electrons. The molecule has 1 amide bonds. The first kappa shape index (κ1) is 20.6. The van der Waals surface area contributed by atoms with Crippen LogP contribution in [-0.4, -0.2) is 43.3 Å². The number of hydrogen-bond donors (Lipinski definition) is 0. The predicted octanol–water partition coefficient (Wildman–Crippen LogP) is 4.07. The highest BCUT2D eigenvalue weighted by Crippen LogP contribution is 2.29. The summed E-state index contributed by atoms with van der Waals surface area (Å²) in [7, 11) is 0. The van der Waals surface area contributed by atoms with E-state index in [1.54, 1.807) is 18.2 Å². The first-order chi connectivity index (χ1) is 11.8. The van der Waals surface area contributed by atoms with Gasteiger partial charge in [-0.2, -0.15) is 13.2 Å². The maximum absolute atomic E-state index is 12.5. The minimum absolute atomic E-state index is 0.184. The molecule has 0 saturated heterocycles. The standard InChI is InChI=1S/C18H22F3NO3/c1-4-11-22(13-18(19,20)21)17(23)10-8-14-7-9-15(24-5-2)16(12-14)25-6-3/h4,7-10,12H,1,5-6,11,13H2,2-3H3/b10-8+. The second kappa shape index (κ2) is 9.76. The van der Waals surface area contributed by atoms with Gasteiger partial charge in [-0.1, -0.05) is 12.1 Å². The van der Waals surface area contributed by atoms with Crippen molar-refractivity contribution in [2.24, 2.45) is 0 Å². The van der Waals surface area contributed by atoms with E-state index in [4.69, 9.17) is 9.47 Å². The lowest BCUT2D eigenvalue weighted by atomic mass is 10.2. The average molecular weight is 357 g/mol. The molecule has 0 aliphatic carbocycles. The number of rotatable bonds is 9. The van der Waals surface area contributed by atoms with Crippen LogP contribution in [0.3, 0.4) is 0 Å². The van der Waals surface area contributed by atoms with Gasteiger partial charge >= 0.3 is 6.18 Å². The summed E-state index contributed by atoms with van der Waals surface area (Å²) >= 11 is 0. The largest absolute Gasteiger partial charge is 0.490 e. The summed E-state index contributed by atoms with van der Waals surface area (Å²) in [6, 6.07) is 5.05. The molecule has 0 aliphatic rings. The fourth-order valence-electron chi connectivity index (χ4n) is 2.05. The average Bonchev–Trinajstić information content (AvgIpc) is 2.53. The van der Waals surface area contributed by atoms with E-state index in [1.165, 1.54) is 12.2 Å². The molecule has 1 rings (SSSR count). The number of alkyl halides is 3. The SMILES string of the molecule is C=CCN(CC(F)(F)F)C(=O)/C=C/c1ccc(OCC)c(OCC)c1. The molecule has 4 nitrogen and oxygen atoms in total. The molecular weight excluding hydrogens is 335 g/mol. The molecular formula is C18H22F3NO3. The zero-order valence-corrected chi connectivity index (χ0v) is 14.3. The zero-order chi connectivity index (χ0) is 18.9. The smallest absolute Gasteiger partial charge is 0.406 e. The number of halogens is 3. The second-order valence-corrected chi connectivity index (χ2v) is 5.03. The number of amides is 1. The fraction of sp³-hybridized carbons (Fsp3) is 0.389. The third-order valence-corrected chi connectivity index (χ3v) is 3.02. The molecule has 1 aromatic rings. The van der Waals surface area contributed by atoms with Crippen molar-refractivity contribution < 1.29 is 27.4 Å². The van der Waals surface area contributed by atoms with Gasteiger partial charge in [0.15, 0.2) is 11.5 Å². The molecule has 0 aromatic heterocycles. The minimum atomic E-state index is -4.46. The van der Waals surface area contributed by atoms with Crippen LogP contribution < -0.4 is 9.47 Å². The van der Waals surface area contributed by atoms with Crippen LogP contribution in [0, 0.1) is 0 Å². The molecule has 0 heterocycles. The van der Waals surface area contributed by atoms with Gasteiger partial charge in [-0.15, -0.1) is 6.58 Å². The second-order valence-electron chi connectivity index (χ2n) is 5.03. The lowest BCUT2D eigenvalue weighted by Gasteiger charge is -2.20. The number of hydrogen-bond acceptors (Lipinski definition) is 3. The van der Waals surface area contributed by atoms with Crippen LogP contribution in [0.25, 0.3) is 6.08 Å². The summed E-state index contributed by atoms with van der Waals surface area (Å²) in [6.45, 7) is 6.45. The van der Waals surface area contributed by atoms with E-state index in [0.29, 0.717) is 35.2 Å². The van der Waals surface area contributed by atoms with Gasteiger partial charge in [-0.25, -0.2) is 0 Å². The van der Waals surface area contributed by atoms with Crippen molar-refractivity contribution >= 4 is 12.0 Å². The Hall–Kier alpha value is -2.44.